The highest BCUT2D eigenvalue weighted by Crippen LogP contribution is 2.61. The molecule has 3 nitrogen and oxygen atoms in total. The summed E-state index contributed by atoms with van der Waals surface area (Å²) in [5.41, 5.74) is 0.935. The normalized spacial score (nSPS) is 14.1. The Hall–Kier alpha value is 0.550. The van der Waals surface area contributed by atoms with Crippen molar-refractivity contribution < 1.29 is 13.6 Å². The summed E-state index contributed by atoms with van der Waals surface area (Å²) in [6.07, 6.45) is 4.97. The smallest absolute Gasteiger partial charge is 0.417 e. The van der Waals surface area contributed by atoms with E-state index in [9.17, 15) is 4.57 Å². The number of hydrogen-bond acceptors (Lipinski definition) is 6. The lowest BCUT2D eigenvalue weighted by Gasteiger charge is -2.22. The number of rotatable bonds is 10. The second kappa shape index (κ2) is 10.4. The van der Waals surface area contributed by atoms with E-state index in [0.717, 1.165) is 17.7 Å². The van der Waals surface area contributed by atoms with Crippen molar-refractivity contribution in [3.63, 3.8) is 0 Å². The molecular formula is C14H22ClO3PS3. The topological polar surface area (TPSA) is 35.5 Å². The minimum Gasteiger partial charge on any atom is -0.417 e. The fourth-order valence-electron chi connectivity index (χ4n) is 1.71. The third-order valence-corrected chi connectivity index (χ3v) is 9.30. The van der Waals surface area contributed by atoms with E-state index in [1.54, 1.807) is 35.7 Å². The summed E-state index contributed by atoms with van der Waals surface area (Å²) >= 11 is 10.7. The lowest BCUT2D eigenvalue weighted by atomic mass is 10.2. The van der Waals surface area contributed by atoms with Gasteiger partial charge in [0.05, 0.1) is 11.2 Å². The molecule has 8 heteroatoms. The van der Waals surface area contributed by atoms with Gasteiger partial charge >= 0.3 is 6.80 Å². The minimum absolute atomic E-state index is 0.167. The first-order chi connectivity index (χ1) is 10.5. The van der Waals surface area contributed by atoms with Crippen LogP contribution in [0.25, 0.3) is 0 Å². The third kappa shape index (κ3) is 6.21. The van der Waals surface area contributed by atoms with E-state index in [1.165, 1.54) is 11.4 Å². The van der Waals surface area contributed by atoms with Gasteiger partial charge in [-0.15, -0.1) is 23.5 Å². The number of halogens is 1. The highest BCUT2D eigenvalue weighted by molar-refractivity contribution is 8.55. The molecule has 0 aromatic heterocycles. The van der Waals surface area contributed by atoms with Gasteiger partial charge in [-0.05, 0) is 55.4 Å². The average Bonchev–Trinajstić information content (AvgIpc) is 2.49. The zero-order valence-electron chi connectivity index (χ0n) is 13.2. The van der Waals surface area contributed by atoms with Gasteiger partial charge in [0.15, 0.2) is 0 Å². The third-order valence-electron chi connectivity index (χ3n) is 2.60. The van der Waals surface area contributed by atoms with E-state index in [4.69, 9.17) is 20.6 Å². The lowest BCUT2D eigenvalue weighted by molar-refractivity contribution is 0.295. The van der Waals surface area contributed by atoms with Crippen molar-refractivity contribution in [1.29, 1.82) is 0 Å². The minimum atomic E-state index is -3.21. The molecule has 126 valence electrons. The fourth-order valence-corrected chi connectivity index (χ4v) is 7.00. The van der Waals surface area contributed by atoms with Crippen molar-refractivity contribution in [2.24, 2.45) is 0 Å². The summed E-state index contributed by atoms with van der Waals surface area (Å²) in [4.78, 5) is 0. The van der Waals surface area contributed by atoms with E-state index in [-0.39, 0.29) is 4.58 Å². The van der Waals surface area contributed by atoms with Crippen molar-refractivity contribution in [2.75, 3.05) is 24.9 Å². The van der Waals surface area contributed by atoms with Gasteiger partial charge < -0.3 is 4.52 Å². The molecule has 0 aliphatic heterocycles. The van der Waals surface area contributed by atoms with Gasteiger partial charge in [0.2, 0.25) is 0 Å². The maximum atomic E-state index is 12.8. The summed E-state index contributed by atoms with van der Waals surface area (Å²) in [6.45, 7) is 1.00. The second-order valence-electron chi connectivity index (χ2n) is 4.27. The second-order valence-corrected chi connectivity index (χ2v) is 11.0. The van der Waals surface area contributed by atoms with Gasteiger partial charge in [0.25, 0.3) is 0 Å². The fraction of sp³-hybridized carbons (Fsp3) is 0.571. The largest absolute Gasteiger partial charge is 0.440 e. The van der Waals surface area contributed by atoms with E-state index in [1.807, 2.05) is 32.4 Å². The molecule has 0 N–H and O–H groups in total. The molecule has 0 saturated heterocycles. The van der Waals surface area contributed by atoms with Crippen LogP contribution in [0.15, 0.2) is 18.2 Å². The predicted molar refractivity (Wildman–Crippen MR) is 104 cm³/mol. The Kier molecular flexibility index (Phi) is 9.76. The van der Waals surface area contributed by atoms with Crippen LogP contribution in [0.1, 0.15) is 30.4 Å². The van der Waals surface area contributed by atoms with Crippen LogP contribution in [0, 0.1) is 0 Å². The Labute approximate surface area is 150 Å². The summed E-state index contributed by atoms with van der Waals surface area (Å²) < 4.78 is 24.3. The molecule has 1 unspecified atom stereocenters. The standard InChI is InChI=1S/C14H22ClO3PS3/c1-5-9-22-19(16,17-6-2)18-13-8-7-11(15)10-12(13)14(20-3)21-4/h7-8,10,14H,5-6,9H2,1-4H3. The van der Waals surface area contributed by atoms with Gasteiger partial charge in [0.1, 0.15) is 5.75 Å². The Morgan fingerprint density at radius 2 is 1.95 bits per heavy atom. The number of hydrogen-bond donors (Lipinski definition) is 0. The van der Waals surface area contributed by atoms with E-state index < -0.39 is 6.80 Å². The summed E-state index contributed by atoms with van der Waals surface area (Å²) in [5.74, 6) is 1.31. The monoisotopic (exact) mass is 400 g/mol. The molecule has 0 aliphatic rings. The zero-order chi connectivity index (χ0) is 16.6. The molecule has 1 aromatic rings. The summed E-state index contributed by atoms with van der Waals surface area (Å²) in [5, 5.41) is 0.642. The molecule has 22 heavy (non-hydrogen) atoms. The summed E-state index contributed by atoms with van der Waals surface area (Å²) in [6, 6.07) is 5.39. The first-order valence-electron chi connectivity index (χ1n) is 6.93. The van der Waals surface area contributed by atoms with Crippen molar-refractivity contribution in [3.05, 3.63) is 28.8 Å². The average molecular weight is 401 g/mol. The van der Waals surface area contributed by atoms with Crippen molar-refractivity contribution >= 4 is 53.3 Å². The molecule has 0 amide bonds. The first kappa shape index (κ1) is 20.6. The van der Waals surface area contributed by atoms with E-state index >= 15 is 0 Å². The van der Waals surface area contributed by atoms with Gasteiger partial charge in [-0.3, -0.25) is 4.52 Å². The molecule has 0 bridgehead atoms. The van der Waals surface area contributed by atoms with Crippen LogP contribution in [0.5, 0.6) is 5.75 Å². The molecule has 0 radical (unpaired) electrons. The molecule has 1 atom stereocenters. The molecular weight excluding hydrogens is 379 g/mol. The first-order valence-corrected chi connectivity index (χ1v) is 13.0. The highest BCUT2D eigenvalue weighted by Gasteiger charge is 2.28. The van der Waals surface area contributed by atoms with Crippen LogP contribution in [-0.4, -0.2) is 24.9 Å². The van der Waals surface area contributed by atoms with Crippen LogP contribution in [0.3, 0.4) is 0 Å². The summed E-state index contributed by atoms with van der Waals surface area (Å²) in [7, 11) is 0. The van der Waals surface area contributed by atoms with Crippen LogP contribution >= 0.6 is 53.3 Å². The zero-order valence-corrected chi connectivity index (χ0v) is 17.3. The van der Waals surface area contributed by atoms with E-state index in [0.29, 0.717) is 17.4 Å². The van der Waals surface area contributed by atoms with Crippen LogP contribution < -0.4 is 4.52 Å². The van der Waals surface area contributed by atoms with Crippen LogP contribution in [0.2, 0.25) is 5.02 Å². The van der Waals surface area contributed by atoms with Crippen molar-refractivity contribution in [3.8, 4) is 5.75 Å². The lowest BCUT2D eigenvalue weighted by Crippen LogP contribution is -2.00. The maximum absolute atomic E-state index is 12.8. The van der Waals surface area contributed by atoms with Crippen LogP contribution in [0.4, 0.5) is 0 Å². The Morgan fingerprint density at radius 3 is 2.50 bits per heavy atom. The molecule has 0 fully saturated rings. The molecule has 1 rings (SSSR count). The van der Waals surface area contributed by atoms with E-state index in [2.05, 4.69) is 0 Å². The maximum Gasteiger partial charge on any atom is 0.440 e. The molecule has 0 saturated carbocycles. The number of thioether (sulfide) groups is 2. The molecule has 1 aromatic carbocycles. The molecule has 0 heterocycles. The van der Waals surface area contributed by atoms with Gasteiger partial charge in [-0.2, -0.15) is 0 Å². The van der Waals surface area contributed by atoms with Gasteiger partial charge in [-0.25, -0.2) is 4.57 Å². The van der Waals surface area contributed by atoms with Gasteiger partial charge in [-0.1, -0.05) is 18.5 Å². The molecule has 0 aliphatic carbocycles. The Bertz CT molecular complexity index is 512. The SMILES string of the molecule is CCCSP(=O)(OCC)Oc1ccc(Cl)cc1C(SC)SC. The predicted octanol–water partition coefficient (Wildman–Crippen LogP) is 6.73. The van der Waals surface area contributed by atoms with Crippen molar-refractivity contribution in [2.45, 2.75) is 24.9 Å². The van der Waals surface area contributed by atoms with Crippen molar-refractivity contribution in [1.82, 2.24) is 0 Å². The Balaban J connectivity index is 3.10. The molecule has 0 spiro atoms. The quantitative estimate of drug-likeness (QED) is 0.320. The Morgan fingerprint density at radius 1 is 1.27 bits per heavy atom. The highest BCUT2D eigenvalue weighted by atomic mass is 35.5. The van der Waals surface area contributed by atoms with Gasteiger partial charge in [0, 0.05) is 16.3 Å². The van der Waals surface area contributed by atoms with Crippen LogP contribution in [-0.2, 0) is 9.09 Å². The number of benzene rings is 1.